The zero-order valence-electron chi connectivity index (χ0n) is 7.76. The zero-order chi connectivity index (χ0) is 8.84. The van der Waals surface area contributed by atoms with Crippen LogP contribution in [0.25, 0.3) is 0 Å². The second-order valence-corrected chi connectivity index (χ2v) is 3.93. The third-order valence-electron chi connectivity index (χ3n) is 2.88. The molecule has 2 heteroatoms. The van der Waals surface area contributed by atoms with Gasteiger partial charge in [-0.05, 0) is 18.1 Å². The second kappa shape index (κ2) is 2.48. The first-order chi connectivity index (χ1) is 6.34. The Morgan fingerprint density at radius 1 is 1.31 bits per heavy atom. The molecule has 0 fully saturated rings. The number of fused-ring (bicyclic) bond motifs is 3. The largest absolute Gasteiger partial charge is 0.490 e. The Morgan fingerprint density at radius 3 is 3.08 bits per heavy atom. The molecule has 2 aliphatic rings. The monoisotopic (exact) mass is 175 g/mol. The predicted molar refractivity (Wildman–Crippen MR) is 50.8 cm³/mol. The van der Waals surface area contributed by atoms with Crippen molar-refractivity contribution in [2.45, 2.75) is 32.5 Å². The van der Waals surface area contributed by atoms with Crippen molar-refractivity contribution in [1.29, 1.82) is 0 Å². The van der Waals surface area contributed by atoms with E-state index in [9.17, 15) is 0 Å². The molecule has 2 aliphatic heterocycles. The number of benzene rings is 1. The van der Waals surface area contributed by atoms with Gasteiger partial charge in [0, 0.05) is 25.1 Å². The Balaban J connectivity index is 2.16. The summed E-state index contributed by atoms with van der Waals surface area (Å²) in [7, 11) is 0. The topological polar surface area (TPSA) is 21.3 Å². The molecule has 0 radical (unpaired) electrons. The minimum Gasteiger partial charge on any atom is -0.490 e. The minimum absolute atomic E-state index is 0.363. The van der Waals surface area contributed by atoms with Crippen molar-refractivity contribution in [3.8, 4) is 5.75 Å². The van der Waals surface area contributed by atoms with E-state index >= 15 is 0 Å². The molecular weight excluding hydrogens is 162 g/mol. The molecule has 0 bridgehead atoms. The molecule has 13 heavy (non-hydrogen) atoms. The standard InChI is InChI=1S/C11H13NO/c1-7-4-8-2-3-9-5-12-6-10(9)11(8)13-7/h2-3,7,12H,4-6H2,1H3. The molecule has 0 aliphatic carbocycles. The van der Waals surface area contributed by atoms with Crippen molar-refractivity contribution in [3.05, 3.63) is 28.8 Å². The molecule has 1 N–H and O–H groups in total. The fourth-order valence-corrected chi connectivity index (χ4v) is 2.26. The van der Waals surface area contributed by atoms with Gasteiger partial charge in [-0.15, -0.1) is 0 Å². The lowest BCUT2D eigenvalue weighted by Crippen LogP contribution is -2.06. The molecule has 0 saturated heterocycles. The fraction of sp³-hybridized carbons (Fsp3) is 0.455. The minimum atomic E-state index is 0.363. The Hall–Kier alpha value is -1.02. The molecule has 0 spiro atoms. The highest BCUT2D eigenvalue weighted by atomic mass is 16.5. The van der Waals surface area contributed by atoms with Gasteiger partial charge in [0.2, 0.25) is 0 Å². The van der Waals surface area contributed by atoms with Crippen LogP contribution in [-0.2, 0) is 19.5 Å². The normalized spacial score (nSPS) is 23.9. The van der Waals surface area contributed by atoms with Crippen LogP contribution in [0.1, 0.15) is 23.6 Å². The molecule has 68 valence electrons. The van der Waals surface area contributed by atoms with Crippen molar-refractivity contribution in [1.82, 2.24) is 5.32 Å². The summed E-state index contributed by atoms with van der Waals surface area (Å²) in [4.78, 5) is 0. The lowest BCUT2D eigenvalue weighted by molar-refractivity contribution is 0.252. The first kappa shape index (κ1) is 7.39. The molecule has 0 amide bonds. The van der Waals surface area contributed by atoms with Crippen LogP contribution in [-0.4, -0.2) is 6.10 Å². The number of hydrogen-bond acceptors (Lipinski definition) is 2. The van der Waals surface area contributed by atoms with E-state index in [-0.39, 0.29) is 0 Å². The maximum Gasteiger partial charge on any atom is 0.127 e. The van der Waals surface area contributed by atoms with Gasteiger partial charge in [-0.1, -0.05) is 12.1 Å². The van der Waals surface area contributed by atoms with E-state index in [4.69, 9.17) is 4.74 Å². The van der Waals surface area contributed by atoms with Gasteiger partial charge in [0.05, 0.1) is 0 Å². The summed E-state index contributed by atoms with van der Waals surface area (Å²) < 4.78 is 5.81. The fourth-order valence-electron chi connectivity index (χ4n) is 2.26. The maximum atomic E-state index is 5.81. The molecule has 1 unspecified atom stereocenters. The lowest BCUT2D eigenvalue weighted by Gasteiger charge is -2.06. The SMILES string of the molecule is CC1Cc2ccc3c(c2O1)CNC3. The van der Waals surface area contributed by atoms with Crippen molar-refractivity contribution >= 4 is 0 Å². The summed E-state index contributed by atoms with van der Waals surface area (Å²) in [6, 6.07) is 4.44. The van der Waals surface area contributed by atoms with Gasteiger partial charge in [-0.3, -0.25) is 0 Å². The third kappa shape index (κ3) is 0.985. The summed E-state index contributed by atoms with van der Waals surface area (Å²) in [5, 5.41) is 3.35. The second-order valence-electron chi connectivity index (χ2n) is 3.93. The Kier molecular flexibility index (Phi) is 1.41. The van der Waals surface area contributed by atoms with Crippen molar-refractivity contribution in [3.63, 3.8) is 0 Å². The first-order valence-electron chi connectivity index (χ1n) is 4.85. The third-order valence-corrected chi connectivity index (χ3v) is 2.88. The highest BCUT2D eigenvalue weighted by molar-refractivity contribution is 5.50. The molecule has 1 atom stereocenters. The molecule has 1 aromatic rings. The van der Waals surface area contributed by atoms with Crippen LogP contribution in [0.4, 0.5) is 0 Å². The number of hydrogen-bond donors (Lipinski definition) is 1. The summed E-state index contributed by atoms with van der Waals surface area (Å²) in [6.07, 6.45) is 1.44. The van der Waals surface area contributed by atoms with E-state index < -0.39 is 0 Å². The Labute approximate surface area is 77.9 Å². The number of nitrogens with one attached hydrogen (secondary N) is 1. The predicted octanol–water partition coefficient (Wildman–Crippen LogP) is 1.61. The van der Waals surface area contributed by atoms with Gasteiger partial charge in [0.25, 0.3) is 0 Å². The van der Waals surface area contributed by atoms with Gasteiger partial charge in [-0.2, -0.15) is 0 Å². The summed E-state index contributed by atoms with van der Waals surface area (Å²) in [5.41, 5.74) is 4.18. The van der Waals surface area contributed by atoms with Gasteiger partial charge in [-0.25, -0.2) is 0 Å². The van der Waals surface area contributed by atoms with Crippen LogP contribution in [0.2, 0.25) is 0 Å². The Morgan fingerprint density at radius 2 is 2.15 bits per heavy atom. The quantitative estimate of drug-likeness (QED) is 0.647. The van der Waals surface area contributed by atoms with Crippen LogP contribution in [0.5, 0.6) is 5.75 Å². The van der Waals surface area contributed by atoms with Gasteiger partial charge in [0.1, 0.15) is 11.9 Å². The van der Waals surface area contributed by atoms with Gasteiger partial charge in [0.15, 0.2) is 0 Å². The van der Waals surface area contributed by atoms with Crippen LogP contribution >= 0.6 is 0 Å². The van der Waals surface area contributed by atoms with Crippen LogP contribution < -0.4 is 10.1 Å². The van der Waals surface area contributed by atoms with Crippen LogP contribution in [0, 0.1) is 0 Å². The van der Waals surface area contributed by atoms with E-state index in [1.807, 2.05) is 0 Å². The highest BCUT2D eigenvalue weighted by Crippen LogP contribution is 2.36. The first-order valence-corrected chi connectivity index (χ1v) is 4.85. The molecule has 2 nitrogen and oxygen atoms in total. The number of ether oxygens (including phenoxy) is 1. The van der Waals surface area contributed by atoms with Crippen molar-refractivity contribution < 1.29 is 4.74 Å². The maximum absolute atomic E-state index is 5.81. The van der Waals surface area contributed by atoms with E-state index in [1.165, 1.54) is 16.7 Å². The molecule has 0 aromatic heterocycles. The summed E-state index contributed by atoms with van der Waals surface area (Å²) >= 11 is 0. The van der Waals surface area contributed by atoms with E-state index in [0.29, 0.717) is 6.10 Å². The summed E-state index contributed by atoms with van der Waals surface area (Å²) in [5.74, 6) is 1.16. The lowest BCUT2D eigenvalue weighted by atomic mass is 10.0. The smallest absolute Gasteiger partial charge is 0.127 e. The van der Waals surface area contributed by atoms with Crippen LogP contribution in [0.3, 0.4) is 0 Å². The van der Waals surface area contributed by atoms with Crippen LogP contribution in [0.15, 0.2) is 12.1 Å². The van der Waals surface area contributed by atoms with E-state index in [2.05, 4.69) is 24.4 Å². The van der Waals surface area contributed by atoms with Gasteiger partial charge >= 0.3 is 0 Å². The molecule has 3 rings (SSSR count). The highest BCUT2D eigenvalue weighted by Gasteiger charge is 2.25. The molecule has 0 saturated carbocycles. The molecule has 1 aromatic carbocycles. The zero-order valence-corrected chi connectivity index (χ0v) is 7.76. The van der Waals surface area contributed by atoms with E-state index in [1.54, 1.807) is 0 Å². The average molecular weight is 175 g/mol. The molecule has 2 heterocycles. The van der Waals surface area contributed by atoms with E-state index in [0.717, 1.165) is 25.3 Å². The molecular formula is C11H13NO. The average Bonchev–Trinajstić information content (AvgIpc) is 2.65. The Bertz CT molecular complexity index is 359. The van der Waals surface area contributed by atoms with Gasteiger partial charge < -0.3 is 10.1 Å². The summed E-state index contributed by atoms with van der Waals surface area (Å²) in [6.45, 7) is 4.11. The van der Waals surface area contributed by atoms with Crippen molar-refractivity contribution in [2.24, 2.45) is 0 Å². The van der Waals surface area contributed by atoms with Crippen molar-refractivity contribution in [2.75, 3.05) is 0 Å². The number of rotatable bonds is 0.